The van der Waals surface area contributed by atoms with Crippen molar-refractivity contribution in [3.8, 4) is 0 Å². The van der Waals surface area contributed by atoms with Crippen molar-refractivity contribution in [1.29, 1.82) is 0 Å². The Morgan fingerprint density at radius 2 is 1.79 bits per heavy atom. The van der Waals surface area contributed by atoms with E-state index in [9.17, 15) is 4.79 Å². The number of carbonyl (C=O) groups is 1. The van der Waals surface area contributed by atoms with Gasteiger partial charge in [-0.1, -0.05) is 32.8 Å². The summed E-state index contributed by atoms with van der Waals surface area (Å²) < 4.78 is 11.1. The lowest BCUT2D eigenvalue weighted by Gasteiger charge is -2.22. The molecule has 0 atom stereocenters. The molecule has 3 nitrogen and oxygen atoms in total. The Bertz CT molecular complexity index is 275. The van der Waals surface area contributed by atoms with Gasteiger partial charge in [0.15, 0.2) is 8.32 Å². The zero-order chi connectivity index (χ0) is 14.7. The third kappa shape index (κ3) is 11.0. The topological polar surface area (TPSA) is 35.5 Å². The Balaban J connectivity index is 3.61. The second kappa shape index (κ2) is 10.2. The second-order valence-electron chi connectivity index (χ2n) is 5.69. The van der Waals surface area contributed by atoms with Gasteiger partial charge in [0.1, 0.15) is 0 Å². The van der Waals surface area contributed by atoms with Crippen LogP contribution in [-0.2, 0) is 14.0 Å². The predicted molar refractivity (Wildman–Crippen MR) is 82.8 cm³/mol. The van der Waals surface area contributed by atoms with Gasteiger partial charge in [-0.2, -0.15) is 0 Å². The van der Waals surface area contributed by atoms with E-state index in [-0.39, 0.29) is 5.97 Å². The van der Waals surface area contributed by atoms with Gasteiger partial charge in [0, 0.05) is 12.2 Å². The maximum absolute atomic E-state index is 11.2. The van der Waals surface area contributed by atoms with Crippen molar-refractivity contribution in [2.45, 2.75) is 65.1 Å². The molecule has 0 amide bonds. The molecule has 0 aromatic carbocycles. The van der Waals surface area contributed by atoms with Crippen molar-refractivity contribution in [3.05, 3.63) is 12.2 Å². The summed E-state index contributed by atoms with van der Waals surface area (Å²) in [5.41, 5.74) is 0.462. The van der Waals surface area contributed by atoms with E-state index < -0.39 is 8.32 Å². The van der Waals surface area contributed by atoms with E-state index >= 15 is 0 Å². The first kappa shape index (κ1) is 18.4. The second-order valence-corrected chi connectivity index (χ2v) is 10.00. The van der Waals surface area contributed by atoms with Gasteiger partial charge < -0.3 is 9.16 Å². The molecule has 0 radical (unpaired) electrons. The van der Waals surface area contributed by atoms with Crippen molar-refractivity contribution in [3.63, 3.8) is 0 Å². The molecule has 0 aliphatic rings. The third-order valence-corrected chi connectivity index (χ3v) is 5.54. The highest BCUT2D eigenvalue weighted by atomic mass is 28.4. The van der Waals surface area contributed by atoms with E-state index in [4.69, 9.17) is 9.16 Å². The Morgan fingerprint density at radius 3 is 2.37 bits per heavy atom. The van der Waals surface area contributed by atoms with Crippen LogP contribution in [0.5, 0.6) is 0 Å². The van der Waals surface area contributed by atoms with Crippen LogP contribution < -0.4 is 0 Å². The molecule has 4 heteroatoms. The molecule has 0 aliphatic carbocycles. The van der Waals surface area contributed by atoms with Gasteiger partial charge in [0.05, 0.1) is 6.61 Å². The molecule has 0 aromatic rings. The maximum atomic E-state index is 11.2. The van der Waals surface area contributed by atoms with Crippen LogP contribution in [0.3, 0.4) is 0 Å². The third-order valence-electron chi connectivity index (χ3n) is 3.00. The van der Waals surface area contributed by atoms with E-state index in [1.165, 1.54) is 19.3 Å². The largest absolute Gasteiger partial charge is 0.462 e. The summed E-state index contributed by atoms with van der Waals surface area (Å²) in [5, 5.41) is 0. The molecule has 0 N–H and O–H groups in total. The smallest absolute Gasteiger partial charge is 0.333 e. The van der Waals surface area contributed by atoms with Crippen LogP contribution in [0.25, 0.3) is 0 Å². The van der Waals surface area contributed by atoms with Gasteiger partial charge in [-0.25, -0.2) is 4.79 Å². The number of rotatable bonds is 11. The highest BCUT2D eigenvalue weighted by Crippen LogP contribution is 2.15. The summed E-state index contributed by atoms with van der Waals surface area (Å²) in [5.74, 6) is -0.292. The molecular weight excluding hydrogens is 256 g/mol. The first-order valence-corrected chi connectivity index (χ1v) is 10.5. The fourth-order valence-corrected chi connectivity index (χ4v) is 3.57. The van der Waals surface area contributed by atoms with Gasteiger partial charge in [-0.05, 0) is 38.9 Å². The number of hydrogen-bond donors (Lipinski definition) is 0. The zero-order valence-corrected chi connectivity index (χ0v) is 14.1. The van der Waals surface area contributed by atoms with E-state index in [2.05, 4.69) is 26.6 Å². The van der Waals surface area contributed by atoms with Crippen molar-refractivity contribution in [2.24, 2.45) is 0 Å². The Hall–Kier alpha value is -0.613. The molecule has 0 spiro atoms. The minimum absolute atomic E-state index is 0.292. The summed E-state index contributed by atoms with van der Waals surface area (Å²) in [6.07, 6.45) is 5.86. The molecule has 112 valence electrons. The molecule has 0 saturated carbocycles. The number of hydrogen-bond acceptors (Lipinski definition) is 3. The number of unbranched alkanes of at least 4 members (excludes halogenated alkanes) is 3. The van der Waals surface area contributed by atoms with Gasteiger partial charge in [0.25, 0.3) is 0 Å². The van der Waals surface area contributed by atoms with Gasteiger partial charge in [-0.15, -0.1) is 0 Å². The summed E-state index contributed by atoms with van der Waals surface area (Å²) in [4.78, 5) is 11.2. The molecule has 0 aliphatic heterocycles. The monoisotopic (exact) mass is 286 g/mol. The highest BCUT2D eigenvalue weighted by molar-refractivity contribution is 6.71. The summed E-state index contributed by atoms with van der Waals surface area (Å²) in [6.45, 7) is 13.3. The molecule has 0 heterocycles. The number of carbonyl (C=O) groups excluding carboxylic acids is 1. The predicted octanol–water partition coefficient (Wildman–Crippen LogP) is 4.30. The summed E-state index contributed by atoms with van der Waals surface area (Å²) in [6, 6.07) is 1.03. The fourth-order valence-electron chi connectivity index (χ4n) is 1.74. The lowest BCUT2D eigenvalue weighted by atomic mass is 10.2. The minimum Gasteiger partial charge on any atom is -0.462 e. The standard InChI is InChI=1S/C15H30O3Si/c1-6-7-8-9-12-18-19(4,5)13-10-11-17-15(16)14(2)3/h2,6-13H2,1,3-5H3. The molecule has 0 aromatic heterocycles. The maximum Gasteiger partial charge on any atom is 0.333 e. The Morgan fingerprint density at radius 1 is 1.11 bits per heavy atom. The molecular formula is C15H30O3Si. The van der Waals surface area contributed by atoms with Crippen LogP contribution in [0.1, 0.15) is 46.0 Å². The molecule has 0 saturated heterocycles. The molecule has 0 unspecified atom stereocenters. The number of esters is 1. The van der Waals surface area contributed by atoms with Crippen LogP contribution in [0, 0.1) is 0 Å². The van der Waals surface area contributed by atoms with Gasteiger partial charge >= 0.3 is 5.97 Å². The first-order valence-electron chi connectivity index (χ1n) is 7.35. The lowest BCUT2D eigenvalue weighted by molar-refractivity contribution is -0.138. The van der Waals surface area contributed by atoms with Crippen LogP contribution in [0.15, 0.2) is 12.2 Å². The lowest BCUT2D eigenvalue weighted by Crippen LogP contribution is -2.31. The van der Waals surface area contributed by atoms with Gasteiger partial charge in [0.2, 0.25) is 0 Å². The average Bonchev–Trinajstić information content (AvgIpc) is 2.34. The van der Waals surface area contributed by atoms with Crippen molar-refractivity contribution in [2.75, 3.05) is 13.2 Å². The minimum atomic E-state index is -1.58. The van der Waals surface area contributed by atoms with E-state index in [1.54, 1.807) is 6.92 Å². The number of ether oxygens (including phenoxy) is 1. The van der Waals surface area contributed by atoms with E-state index in [0.29, 0.717) is 12.2 Å². The Kier molecular flexibility index (Phi) is 9.88. The van der Waals surface area contributed by atoms with E-state index in [1.807, 2.05) is 0 Å². The SMILES string of the molecule is C=C(C)C(=O)OCCC[Si](C)(C)OCCCCCC. The van der Waals surface area contributed by atoms with Crippen LogP contribution in [0.2, 0.25) is 19.1 Å². The normalized spacial score (nSPS) is 11.4. The van der Waals surface area contributed by atoms with Crippen molar-refractivity contribution in [1.82, 2.24) is 0 Å². The molecule has 0 rings (SSSR count). The average molecular weight is 286 g/mol. The first-order chi connectivity index (χ1) is 8.89. The molecule has 0 bridgehead atoms. The van der Waals surface area contributed by atoms with Crippen LogP contribution in [-0.4, -0.2) is 27.5 Å². The quantitative estimate of drug-likeness (QED) is 0.246. The van der Waals surface area contributed by atoms with Crippen LogP contribution >= 0.6 is 0 Å². The molecule has 0 fully saturated rings. The van der Waals surface area contributed by atoms with E-state index in [0.717, 1.165) is 25.5 Å². The van der Waals surface area contributed by atoms with Crippen molar-refractivity contribution < 1.29 is 14.0 Å². The fraction of sp³-hybridized carbons (Fsp3) is 0.800. The molecule has 19 heavy (non-hydrogen) atoms. The van der Waals surface area contributed by atoms with Crippen LogP contribution in [0.4, 0.5) is 0 Å². The summed E-state index contributed by atoms with van der Waals surface area (Å²) >= 11 is 0. The summed E-state index contributed by atoms with van der Waals surface area (Å²) in [7, 11) is -1.58. The van der Waals surface area contributed by atoms with Crippen molar-refractivity contribution >= 4 is 14.3 Å². The highest BCUT2D eigenvalue weighted by Gasteiger charge is 2.21. The zero-order valence-electron chi connectivity index (χ0n) is 13.1. The Labute approximate surface area is 119 Å². The van der Waals surface area contributed by atoms with Gasteiger partial charge in [-0.3, -0.25) is 0 Å².